The van der Waals surface area contributed by atoms with Crippen LogP contribution in [0.1, 0.15) is 24.0 Å². The molecule has 128 valence electrons. The molecular weight excluding hydrogens is 314 g/mol. The highest BCUT2D eigenvalue weighted by atomic mass is 16.5. The minimum absolute atomic E-state index is 0.0699. The molecule has 4 heteroatoms. The smallest absolute Gasteiger partial charge is 0.223 e. The molecule has 0 N–H and O–H groups in total. The van der Waals surface area contributed by atoms with Crippen LogP contribution in [0.3, 0.4) is 0 Å². The molecule has 0 aromatic heterocycles. The van der Waals surface area contributed by atoms with E-state index in [-0.39, 0.29) is 11.9 Å². The number of benzene rings is 2. The fraction of sp³-hybridized carbons (Fsp3) is 0.286. The summed E-state index contributed by atoms with van der Waals surface area (Å²) < 4.78 is 10.7. The van der Waals surface area contributed by atoms with Crippen molar-refractivity contribution in [3.05, 3.63) is 59.7 Å². The largest absolute Gasteiger partial charge is 0.497 e. The van der Waals surface area contributed by atoms with Crippen molar-refractivity contribution in [3.63, 3.8) is 0 Å². The van der Waals surface area contributed by atoms with Gasteiger partial charge in [-0.2, -0.15) is 0 Å². The van der Waals surface area contributed by atoms with E-state index in [1.165, 1.54) is 0 Å². The van der Waals surface area contributed by atoms with E-state index < -0.39 is 0 Å². The third kappa shape index (κ3) is 3.95. The number of carbonyl (C=O) groups is 1. The quantitative estimate of drug-likeness (QED) is 0.805. The maximum atomic E-state index is 12.3. The van der Waals surface area contributed by atoms with Gasteiger partial charge in [0, 0.05) is 23.6 Å². The first-order valence-electron chi connectivity index (χ1n) is 8.28. The maximum Gasteiger partial charge on any atom is 0.223 e. The summed E-state index contributed by atoms with van der Waals surface area (Å²) in [4.78, 5) is 14.1. The Kier molecular flexibility index (Phi) is 5.25. The molecule has 1 aliphatic rings. The van der Waals surface area contributed by atoms with Gasteiger partial charge in [-0.1, -0.05) is 30.0 Å². The Bertz CT molecular complexity index is 805. The van der Waals surface area contributed by atoms with Crippen molar-refractivity contribution in [2.24, 2.45) is 0 Å². The normalized spacial score (nSPS) is 16.3. The average molecular weight is 335 g/mol. The number of amides is 1. The van der Waals surface area contributed by atoms with Gasteiger partial charge in [-0.05, 0) is 30.7 Å². The first kappa shape index (κ1) is 16.9. The minimum Gasteiger partial charge on any atom is -0.497 e. The zero-order valence-electron chi connectivity index (χ0n) is 14.5. The SMILES string of the molecule is COc1ccc(CN2C(=O)CC[C@@H]2C#Cc2ccccc2)c(OC)c1. The molecule has 0 aliphatic carbocycles. The highest BCUT2D eigenvalue weighted by Gasteiger charge is 2.30. The van der Waals surface area contributed by atoms with E-state index in [1.54, 1.807) is 14.2 Å². The average Bonchev–Trinajstić information content (AvgIpc) is 3.01. The summed E-state index contributed by atoms with van der Waals surface area (Å²) in [6.07, 6.45) is 1.30. The van der Waals surface area contributed by atoms with Crippen LogP contribution >= 0.6 is 0 Å². The molecule has 25 heavy (non-hydrogen) atoms. The van der Waals surface area contributed by atoms with Gasteiger partial charge in [0.2, 0.25) is 5.91 Å². The number of hydrogen-bond acceptors (Lipinski definition) is 3. The Morgan fingerprint density at radius 1 is 1.12 bits per heavy atom. The molecule has 1 amide bonds. The van der Waals surface area contributed by atoms with Crippen LogP contribution in [0.15, 0.2) is 48.5 Å². The van der Waals surface area contributed by atoms with Crippen LogP contribution in [0.2, 0.25) is 0 Å². The van der Waals surface area contributed by atoms with Crippen LogP contribution in [0.25, 0.3) is 0 Å². The van der Waals surface area contributed by atoms with Crippen LogP contribution in [-0.4, -0.2) is 31.1 Å². The van der Waals surface area contributed by atoms with Crippen LogP contribution < -0.4 is 9.47 Å². The van der Waals surface area contributed by atoms with Crippen LogP contribution in [0.5, 0.6) is 11.5 Å². The topological polar surface area (TPSA) is 38.8 Å². The molecule has 1 heterocycles. The lowest BCUT2D eigenvalue weighted by molar-refractivity contribution is -0.128. The molecule has 0 unspecified atom stereocenters. The lowest BCUT2D eigenvalue weighted by Crippen LogP contribution is -2.31. The molecular formula is C21H21NO3. The first-order chi connectivity index (χ1) is 12.2. The van der Waals surface area contributed by atoms with E-state index >= 15 is 0 Å². The second-order valence-corrected chi connectivity index (χ2v) is 5.89. The van der Waals surface area contributed by atoms with E-state index in [0.717, 1.165) is 23.3 Å². The van der Waals surface area contributed by atoms with E-state index in [9.17, 15) is 4.79 Å². The lowest BCUT2D eigenvalue weighted by Gasteiger charge is -2.22. The van der Waals surface area contributed by atoms with Gasteiger partial charge in [-0.25, -0.2) is 0 Å². The van der Waals surface area contributed by atoms with E-state index in [0.29, 0.717) is 18.7 Å². The summed E-state index contributed by atoms with van der Waals surface area (Å²) in [5, 5.41) is 0. The van der Waals surface area contributed by atoms with Gasteiger partial charge < -0.3 is 14.4 Å². The first-order valence-corrected chi connectivity index (χ1v) is 8.28. The predicted molar refractivity (Wildman–Crippen MR) is 96.4 cm³/mol. The highest BCUT2D eigenvalue weighted by Crippen LogP contribution is 2.28. The Labute approximate surface area is 148 Å². The standard InChI is InChI=1S/C21H21NO3/c1-24-19-12-9-17(20(14-19)25-2)15-22-18(11-13-21(22)23)10-8-16-6-4-3-5-7-16/h3-7,9,12,14,18H,11,13,15H2,1-2H3/t18-/m0/s1. The van der Waals surface area contributed by atoms with Crippen molar-refractivity contribution in [1.82, 2.24) is 4.90 Å². The molecule has 3 rings (SSSR count). The van der Waals surface area contributed by atoms with Crippen molar-refractivity contribution in [3.8, 4) is 23.3 Å². The molecule has 2 aromatic rings. The Hall–Kier alpha value is -2.93. The fourth-order valence-corrected chi connectivity index (χ4v) is 2.94. The number of carbonyl (C=O) groups excluding carboxylic acids is 1. The highest BCUT2D eigenvalue weighted by molar-refractivity contribution is 5.79. The summed E-state index contributed by atoms with van der Waals surface area (Å²) in [6.45, 7) is 0.486. The van der Waals surface area contributed by atoms with Crippen LogP contribution in [0, 0.1) is 11.8 Å². The van der Waals surface area contributed by atoms with Gasteiger partial charge in [0.15, 0.2) is 0 Å². The number of methoxy groups -OCH3 is 2. The van der Waals surface area contributed by atoms with Gasteiger partial charge in [0.05, 0.1) is 26.8 Å². The number of hydrogen-bond donors (Lipinski definition) is 0. The van der Waals surface area contributed by atoms with E-state index in [1.807, 2.05) is 53.4 Å². The minimum atomic E-state index is -0.0699. The van der Waals surface area contributed by atoms with Crippen molar-refractivity contribution in [2.75, 3.05) is 14.2 Å². The second kappa shape index (κ2) is 7.76. The molecule has 4 nitrogen and oxygen atoms in total. The molecule has 1 fully saturated rings. The summed E-state index contributed by atoms with van der Waals surface area (Å²) in [6, 6.07) is 15.4. The fourth-order valence-electron chi connectivity index (χ4n) is 2.94. The molecule has 0 saturated carbocycles. The molecule has 0 radical (unpaired) electrons. The number of rotatable bonds is 4. The third-order valence-corrected chi connectivity index (χ3v) is 4.32. The number of likely N-dealkylation sites (tertiary alicyclic amines) is 1. The zero-order chi connectivity index (χ0) is 17.6. The number of nitrogens with zero attached hydrogens (tertiary/aromatic N) is 1. The van der Waals surface area contributed by atoms with Gasteiger partial charge in [-0.15, -0.1) is 0 Å². The molecule has 2 aromatic carbocycles. The summed E-state index contributed by atoms with van der Waals surface area (Å²) in [5.74, 6) is 8.00. The molecule has 1 atom stereocenters. The molecule has 1 saturated heterocycles. The van der Waals surface area contributed by atoms with Crippen molar-refractivity contribution in [1.29, 1.82) is 0 Å². The van der Waals surface area contributed by atoms with Crippen LogP contribution in [0.4, 0.5) is 0 Å². The maximum absolute atomic E-state index is 12.3. The lowest BCUT2D eigenvalue weighted by atomic mass is 10.1. The second-order valence-electron chi connectivity index (χ2n) is 5.89. The Morgan fingerprint density at radius 2 is 1.92 bits per heavy atom. The van der Waals surface area contributed by atoms with Crippen molar-refractivity contribution < 1.29 is 14.3 Å². The van der Waals surface area contributed by atoms with Crippen molar-refractivity contribution >= 4 is 5.91 Å². The summed E-state index contributed by atoms with van der Waals surface area (Å²) in [7, 11) is 3.24. The number of ether oxygens (including phenoxy) is 2. The van der Waals surface area contributed by atoms with Gasteiger partial charge in [0.25, 0.3) is 0 Å². The Morgan fingerprint density at radius 3 is 2.64 bits per heavy atom. The van der Waals surface area contributed by atoms with Crippen LogP contribution in [-0.2, 0) is 11.3 Å². The van der Waals surface area contributed by atoms with Gasteiger partial charge in [0.1, 0.15) is 11.5 Å². The molecule has 1 aliphatic heterocycles. The monoisotopic (exact) mass is 335 g/mol. The zero-order valence-corrected chi connectivity index (χ0v) is 14.5. The van der Waals surface area contributed by atoms with Crippen molar-refractivity contribution in [2.45, 2.75) is 25.4 Å². The summed E-state index contributed by atoms with van der Waals surface area (Å²) in [5.41, 5.74) is 1.91. The predicted octanol–water partition coefficient (Wildman–Crippen LogP) is 3.25. The Balaban J connectivity index is 1.80. The molecule has 0 spiro atoms. The summed E-state index contributed by atoms with van der Waals surface area (Å²) >= 11 is 0. The third-order valence-electron chi connectivity index (χ3n) is 4.32. The molecule has 0 bridgehead atoms. The van der Waals surface area contributed by atoms with Gasteiger partial charge >= 0.3 is 0 Å². The van der Waals surface area contributed by atoms with E-state index in [2.05, 4.69) is 11.8 Å². The van der Waals surface area contributed by atoms with E-state index in [4.69, 9.17) is 9.47 Å². The van der Waals surface area contributed by atoms with Gasteiger partial charge in [-0.3, -0.25) is 4.79 Å².